The highest BCUT2D eigenvalue weighted by Crippen LogP contribution is 2.31. The first-order valence-electron chi connectivity index (χ1n) is 7.73. The Balaban J connectivity index is 1.89. The topological polar surface area (TPSA) is 63.5 Å². The standard InChI is InChI=1S/C15H27N5S/c1-17-14(19-13-6-4-5-12(13)9-16)18-10-15(20(2)3)7-8-21-11-15/h12-13H,4-8,10-11H2,1-3H3,(H2,17,18,19). The second-order valence-electron chi connectivity index (χ2n) is 6.26. The molecular formula is C15H27N5S. The summed E-state index contributed by atoms with van der Waals surface area (Å²) in [5.41, 5.74) is 0.215. The molecule has 5 nitrogen and oxygen atoms in total. The van der Waals surface area contributed by atoms with E-state index in [1.165, 1.54) is 12.2 Å². The Labute approximate surface area is 132 Å². The minimum absolute atomic E-state index is 0.119. The summed E-state index contributed by atoms with van der Waals surface area (Å²) in [6.07, 6.45) is 4.40. The molecule has 118 valence electrons. The predicted octanol–water partition coefficient (Wildman–Crippen LogP) is 1.28. The van der Waals surface area contributed by atoms with Crippen LogP contribution in [-0.2, 0) is 0 Å². The molecule has 1 aliphatic carbocycles. The number of guanidine groups is 1. The SMILES string of the molecule is CN=C(NCC1(N(C)C)CCSC1)NC1CCCC1C#N. The fourth-order valence-electron chi connectivity index (χ4n) is 3.15. The van der Waals surface area contributed by atoms with Crippen molar-refractivity contribution in [3.05, 3.63) is 0 Å². The molecule has 1 aliphatic heterocycles. The minimum Gasteiger partial charge on any atom is -0.355 e. The van der Waals surface area contributed by atoms with Gasteiger partial charge in [0.1, 0.15) is 0 Å². The summed E-state index contributed by atoms with van der Waals surface area (Å²) in [7, 11) is 6.12. The van der Waals surface area contributed by atoms with Crippen molar-refractivity contribution in [3.8, 4) is 6.07 Å². The van der Waals surface area contributed by atoms with Gasteiger partial charge >= 0.3 is 0 Å². The molecule has 1 saturated heterocycles. The molecule has 0 spiro atoms. The van der Waals surface area contributed by atoms with Gasteiger partial charge in [0.25, 0.3) is 0 Å². The second-order valence-corrected chi connectivity index (χ2v) is 7.37. The molecular weight excluding hydrogens is 282 g/mol. The number of rotatable bonds is 4. The zero-order valence-electron chi connectivity index (χ0n) is 13.4. The Morgan fingerprint density at radius 1 is 1.48 bits per heavy atom. The monoisotopic (exact) mass is 309 g/mol. The van der Waals surface area contributed by atoms with Crippen LogP contribution in [0, 0.1) is 17.2 Å². The lowest BCUT2D eigenvalue weighted by molar-refractivity contribution is 0.182. The highest BCUT2D eigenvalue weighted by atomic mass is 32.2. The van der Waals surface area contributed by atoms with Gasteiger partial charge in [-0.25, -0.2) is 0 Å². The van der Waals surface area contributed by atoms with E-state index in [1.54, 1.807) is 7.05 Å². The fraction of sp³-hybridized carbons (Fsp3) is 0.867. The lowest BCUT2D eigenvalue weighted by Gasteiger charge is -2.36. The van der Waals surface area contributed by atoms with Crippen molar-refractivity contribution >= 4 is 17.7 Å². The molecule has 2 N–H and O–H groups in total. The fourth-order valence-corrected chi connectivity index (χ4v) is 4.71. The Kier molecular flexibility index (Phi) is 5.77. The molecule has 0 amide bonds. The molecule has 1 heterocycles. The highest BCUT2D eigenvalue weighted by Gasteiger charge is 2.37. The van der Waals surface area contributed by atoms with Crippen molar-refractivity contribution in [1.82, 2.24) is 15.5 Å². The molecule has 2 fully saturated rings. The Morgan fingerprint density at radius 2 is 2.29 bits per heavy atom. The average molecular weight is 309 g/mol. The van der Waals surface area contributed by atoms with Crippen molar-refractivity contribution < 1.29 is 0 Å². The number of nitrogens with one attached hydrogen (secondary N) is 2. The molecule has 3 unspecified atom stereocenters. The number of hydrogen-bond donors (Lipinski definition) is 2. The van der Waals surface area contributed by atoms with Crippen LogP contribution in [0.2, 0.25) is 0 Å². The summed E-state index contributed by atoms with van der Waals surface area (Å²) in [4.78, 5) is 6.67. The van der Waals surface area contributed by atoms with Crippen LogP contribution in [0.4, 0.5) is 0 Å². The van der Waals surface area contributed by atoms with Crippen LogP contribution in [-0.4, -0.2) is 61.6 Å². The molecule has 3 atom stereocenters. The lowest BCUT2D eigenvalue weighted by Crippen LogP contribution is -2.55. The molecule has 0 aromatic carbocycles. The van der Waals surface area contributed by atoms with Crippen LogP contribution < -0.4 is 10.6 Å². The van der Waals surface area contributed by atoms with Gasteiger partial charge in [-0.15, -0.1) is 0 Å². The number of hydrogen-bond acceptors (Lipinski definition) is 4. The zero-order chi connectivity index (χ0) is 15.3. The molecule has 21 heavy (non-hydrogen) atoms. The third-order valence-electron chi connectivity index (χ3n) is 4.84. The molecule has 2 aliphatic rings. The third kappa shape index (κ3) is 3.83. The summed E-state index contributed by atoms with van der Waals surface area (Å²) in [6.45, 7) is 0.899. The third-order valence-corrected chi connectivity index (χ3v) is 6.08. The Morgan fingerprint density at radius 3 is 2.86 bits per heavy atom. The summed E-state index contributed by atoms with van der Waals surface area (Å²) < 4.78 is 0. The highest BCUT2D eigenvalue weighted by molar-refractivity contribution is 7.99. The van der Waals surface area contributed by atoms with Gasteiger partial charge in [0, 0.05) is 30.9 Å². The minimum atomic E-state index is 0.119. The van der Waals surface area contributed by atoms with Crippen LogP contribution in [0.25, 0.3) is 0 Å². The van der Waals surface area contributed by atoms with Gasteiger partial charge < -0.3 is 15.5 Å². The lowest BCUT2D eigenvalue weighted by atomic mass is 9.97. The van der Waals surface area contributed by atoms with Crippen molar-refractivity contribution in [2.24, 2.45) is 10.9 Å². The maximum atomic E-state index is 9.18. The largest absolute Gasteiger partial charge is 0.355 e. The zero-order valence-corrected chi connectivity index (χ0v) is 14.2. The molecule has 1 saturated carbocycles. The normalized spacial score (nSPS) is 33.2. The van der Waals surface area contributed by atoms with E-state index in [2.05, 4.69) is 40.7 Å². The van der Waals surface area contributed by atoms with Gasteiger partial charge in [0.2, 0.25) is 0 Å². The van der Waals surface area contributed by atoms with Gasteiger partial charge in [-0.1, -0.05) is 0 Å². The smallest absolute Gasteiger partial charge is 0.191 e. The summed E-state index contributed by atoms with van der Waals surface area (Å²) in [5.74, 6) is 3.34. The van der Waals surface area contributed by atoms with Crippen molar-refractivity contribution in [2.75, 3.05) is 39.2 Å². The van der Waals surface area contributed by atoms with Gasteiger partial charge in [-0.2, -0.15) is 17.0 Å². The Hall–Kier alpha value is -0.930. The van der Waals surface area contributed by atoms with E-state index >= 15 is 0 Å². The number of nitrogens with zero attached hydrogens (tertiary/aromatic N) is 3. The van der Waals surface area contributed by atoms with Gasteiger partial charge in [0.05, 0.1) is 12.0 Å². The van der Waals surface area contributed by atoms with Crippen LogP contribution >= 0.6 is 11.8 Å². The first-order valence-corrected chi connectivity index (χ1v) is 8.89. The average Bonchev–Trinajstić information content (AvgIpc) is 3.12. The van der Waals surface area contributed by atoms with Crippen LogP contribution in [0.1, 0.15) is 25.7 Å². The van der Waals surface area contributed by atoms with Crippen LogP contribution in [0.5, 0.6) is 0 Å². The number of thioether (sulfide) groups is 1. The summed E-state index contributed by atoms with van der Waals surface area (Å²) in [6, 6.07) is 2.65. The molecule has 0 radical (unpaired) electrons. The van der Waals surface area contributed by atoms with Gasteiger partial charge in [-0.05, 0) is 45.5 Å². The molecule has 6 heteroatoms. The number of likely N-dealkylation sites (N-methyl/N-ethyl adjacent to an activating group) is 1. The maximum absolute atomic E-state index is 9.18. The number of aliphatic imine (C=N–C) groups is 1. The summed E-state index contributed by atoms with van der Waals surface area (Å²) in [5, 5.41) is 16.1. The quantitative estimate of drug-likeness (QED) is 0.605. The van der Waals surface area contributed by atoms with E-state index < -0.39 is 0 Å². The van der Waals surface area contributed by atoms with E-state index in [9.17, 15) is 5.26 Å². The van der Waals surface area contributed by atoms with E-state index in [1.807, 2.05) is 11.8 Å². The molecule has 0 aromatic heterocycles. The molecule has 0 aromatic rings. The second kappa shape index (κ2) is 7.37. The van der Waals surface area contributed by atoms with Crippen molar-refractivity contribution in [3.63, 3.8) is 0 Å². The molecule has 0 bridgehead atoms. The van der Waals surface area contributed by atoms with Crippen molar-refractivity contribution in [1.29, 1.82) is 5.26 Å². The predicted molar refractivity (Wildman–Crippen MR) is 89.6 cm³/mol. The van der Waals surface area contributed by atoms with Crippen molar-refractivity contribution in [2.45, 2.75) is 37.3 Å². The number of nitriles is 1. The van der Waals surface area contributed by atoms with Gasteiger partial charge in [0.15, 0.2) is 5.96 Å². The maximum Gasteiger partial charge on any atom is 0.191 e. The van der Waals surface area contributed by atoms with Gasteiger partial charge in [-0.3, -0.25) is 4.99 Å². The van der Waals surface area contributed by atoms with Crippen LogP contribution in [0.15, 0.2) is 4.99 Å². The first-order chi connectivity index (χ1) is 10.1. The summed E-state index contributed by atoms with van der Waals surface area (Å²) >= 11 is 2.02. The van der Waals surface area contributed by atoms with E-state index in [0.717, 1.165) is 37.5 Å². The van der Waals surface area contributed by atoms with Crippen LogP contribution in [0.3, 0.4) is 0 Å². The van der Waals surface area contributed by atoms with E-state index in [4.69, 9.17) is 0 Å². The van der Waals surface area contributed by atoms with E-state index in [0.29, 0.717) is 0 Å². The first kappa shape index (κ1) is 16.4. The molecule has 2 rings (SSSR count). The van der Waals surface area contributed by atoms with E-state index in [-0.39, 0.29) is 17.5 Å². The Bertz CT molecular complexity index is 409.